The van der Waals surface area contributed by atoms with E-state index in [1.54, 1.807) is 0 Å². The summed E-state index contributed by atoms with van der Waals surface area (Å²) in [6.07, 6.45) is 8.20. The van der Waals surface area contributed by atoms with Gasteiger partial charge >= 0.3 is 0 Å². The topological polar surface area (TPSA) is 86.3 Å². The second-order valence-corrected chi connectivity index (χ2v) is 10.4. The molecule has 1 saturated heterocycles. The van der Waals surface area contributed by atoms with Crippen molar-refractivity contribution in [2.45, 2.75) is 50.5 Å². The summed E-state index contributed by atoms with van der Waals surface area (Å²) in [5, 5.41) is 10.1. The molecule has 4 fully saturated rings. The summed E-state index contributed by atoms with van der Waals surface area (Å²) in [6, 6.07) is 10.7. The summed E-state index contributed by atoms with van der Waals surface area (Å²) in [6.45, 7) is 2.24. The van der Waals surface area contributed by atoms with Gasteiger partial charge in [0.25, 0.3) is 0 Å². The molecule has 1 aliphatic heterocycles. The Labute approximate surface area is 198 Å². The number of fused-ring (bicyclic) bond motifs is 1. The highest BCUT2D eigenvalue weighted by Gasteiger charge is 2.45. The van der Waals surface area contributed by atoms with Crippen molar-refractivity contribution in [2.75, 3.05) is 24.5 Å². The molecular formula is C27H27N5O2. The molecule has 0 radical (unpaired) electrons. The molecule has 3 saturated carbocycles. The Kier molecular flexibility index (Phi) is 4.45. The van der Waals surface area contributed by atoms with Crippen molar-refractivity contribution in [2.24, 2.45) is 11.8 Å². The lowest BCUT2D eigenvalue weighted by molar-refractivity contribution is -0.135. The number of piperazine rings is 1. The molecule has 3 aliphatic carbocycles. The Balaban J connectivity index is 1.25. The van der Waals surface area contributed by atoms with E-state index in [0.29, 0.717) is 23.3 Å². The normalized spacial score (nSPS) is 22.7. The van der Waals surface area contributed by atoms with Crippen LogP contribution >= 0.6 is 0 Å². The maximum Gasteiger partial charge on any atom is 0.226 e. The Morgan fingerprint density at radius 1 is 1.09 bits per heavy atom. The van der Waals surface area contributed by atoms with Crippen LogP contribution in [-0.4, -0.2) is 46.5 Å². The summed E-state index contributed by atoms with van der Waals surface area (Å²) >= 11 is 0. The number of hydrogen-bond acceptors (Lipinski definition) is 6. The van der Waals surface area contributed by atoms with Gasteiger partial charge in [0, 0.05) is 37.0 Å². The summed E-state index contributed by atoms with van der Waals surface area (Å²) in [5.41, 5.74) is 5.28. The third-order valence-electron chi connectivity index (χ3n) is 7.85. The maximum atomic E-state index is 12.9. The van der Waals surface area contributed by atoms with Crippen LogP contribution in [0.4, 0.5) is 5.82 Å². The number of anilines is 1. The lowest BCUT2D eigenvalue weighted by atomic mass is 9.98. The van der Waals surface area contributed by atoms with E-state index in [9.17, 15) is 10.1 Å². The van der Waals surface area contributed by atoms with Crippen LogP contribution in [0.2, 0.25) is 0 Å². The highest BCUT2D eigenvalue weighted by Crippen LogP contribution is 2.46. The molecule has 4 aliphatic rings. The number of hydrogen-bond donors (Lipinski definition) is 0. The van der Waals surface area contributed by atoms with Crippen molar-refractivity contribution in [3.05, 3.63) is 41.9 Å². The molecule has 0 spiro atoms. The molecular weight excluding hydrogens is 426 g/mol. The first-order valence-corrected chi connectivity index (χ1v) is 12.5. The molecule has 7 heteroatoms. The van der Waals surface area contributed by atoms with Gasteiger partial charge in [0.2, 0.25) is 5.91 Å². The molecule has 2 aromatic heterocycles. The van der Waals surface area contributed by atoms with E-state index in [1.807, 2.05) is 24.3 Å². The molecule has 1 atom stereocenters. The average Bonchev–Trinajstić information content (AvgIpc) is 3.73. The van der Waals surface area contributed by atoms with E-state index in [0.717, 1.165) is 79.1 Å². The zero-order valence-electron chi connectivity index (χ0n) is 19.1. The lowest BCUT2D eigenvalue weighted by Crippen LogP contribution is -2.57. The minimum atomic E-state index is 0.244. The van der Waals surface area contributed by atoms with Crippen LogP contribution in [0, 0.1) is 23.2 Å². The minimum absolute atomic E-state index is 0.244. The summed E-state index contributed by atoms with van der Waals surface area (Å²) in [7, 11) is 0. The van der Waals surface area contributed by atoms with Gasteiger partial charge in [0.1, 0.15) is 17.4 Å². The molecule has 3 heterocycles. The van der Waals surface area contributed by atoms with Gasteiger partial charge in [-0.3, -0.25) is 4.79 Å². The number of rotatable bonds is 5. The summed E-state index contributed by atoms with van der Waals surface area (Å²) in [5.74, 6) is 2.42. The Morgan fingerprint density at radius 3 is 2.68 bits per heavy atom. The highest BCUT2D eigenvalue weighted by molar-refractivity contribution is 5.83. The minimum Gasteiger partial charge on any atom is -0.443 e. The number of carbonyl (C=O) groups excluding carboxylic acids is 1. The zero-order valence-corrected chi connectivity index (χ0v) is 19.1. The number of pyridine rings is 1. The van der Waals surface area contributed by atoms with Crippen LogP contribution in [0.5, 0.6) is 0 Å². The van der Waals surface area contributed by atoms with Gasteiger partial charge in [-0.05, 0) is 68.2 Å². The standard InChI is InChI=1S/C27H27N5O2/c28-13-20-11-21(19-7-8-22-24(12-19)34-15-29-22)25(17-3-4-17)30-26(20)31-9-10-32(27(33)18-5-6-18)23(14-31)16-1-2-16/h7-8,11-12,15-18,23H,1-6,9-10,14H2/t23-/m0/s1. The molecule has 3 aromatic rings. The fourth-order valence-corrected chi connectivity index (χ4v) is 5.49. The zero-order chi connectivity index (χ0) is 22.8. The van der Waals surface area contributed by atoms with Crippen molar-refractivity contribution in [3.63, 3.8) is 0 Å². The Hall–Kier alpha value is -3.40. The fraction of sp³-hybridized carbons (Fsp3) is 0.481. The first kappa shape index (κ1) is 20.0. The van der Waals surface area contributed by atoms with E-state index >= 15 is 0 Å². The van der Waals surface area contributed by atoms with Crippen LogP contribution in [0.15, 0.2) is 35.1 Å². The highest BCUT2D eigenvalue weighted by atomic mass is 16.3. The van der Waals surface area contributed by atoms with Gasteiger partial charge in [-0.15, -0.1) is 0 Å². The molecule has 0 N–H and O–H groups in total. The number of nitrogens with zero attached hydrogens (tertiary/aromatic N) is 5. The predicted molar refractivity (Wildman–Crippen MR) is 127 cm³/mol. The molecule has 0 unspecified atom stereocenters. The molecule has 172 valence electrons. The van der Waals surface area contributed by atoms with E-state index in [-0.39, 0.29) is 12.0 Å². The number of carbonyl (C=O) groups is 1. The SMILES string of the molecule is N#Cc1cc(-c2ccc3ncoc3c2)c(C2CC2)nc1N1CCN(C(=O)C2CC2)[C@H](C2CC2)C1. The number of benzene rings is 1. The van der Waals surface area contributed by atoms with Gasteiger partial charge in [-0.1, -0.05) is 6.07 Å². The van der Waals surface area contributed by atoms with Gasteiger partial charge in [-0.2, -0.15) is 5.26 Å². The molecule has 0 bridgehead atoms. The Bertz CT molecular complexity index is 1330. The van der Waals surface area contributed by atoms with Crippen molar-refractivity contribution in [1.82, 2.24) is 14.9 Å². The van der Waals surface area contributed by atoms with E-state index in [1.165, 1.54) is 19.2 Å². The fourth-order valence-electron chi connectivity index (χ4n) is 5.49. The maximum absolute atomic E-state index is 12.9. The smallest absolute Gasteiger partial charge is 0.226 e. The van der Waals surface area contributed by atoms with Crippen LogP contribution in [0.3, 0.4) is 0 Å². The van der Waals surface area contributed by atoms with E-state index < -0.39 is 0 Å². The summed E-state index contributed by atoms with van der Waals surface area (Å²) in [4.78, 5) is 26.7. The third-order valence-corrected chi connectivity index (χ3v) is 7.85. The average molecular weight is 454 g/mol. The van der Waals surface area contributed by atoms with Crippen molar-refractivity contribution < 1.29 is 9.21 Å². The van der Waals surface area contributed by atoms with Crippen LogP contribution < -0.4 is 4.90 Å². The molecule has 7 nitrogen and oxygen atoms in total. The first-order valence-electron chi connectivity index (χ1n) is 12.5. The largest absolute Gasteiger partial charge is 0.443 e. The number of amides is 1. The molecule has 1 amide bonds. The van der Waals surface area contributed by atoms with Crippen molar-refractivity contribution >= 4 is 22.8 Å². The van der Waals surface area contributed by atoms with E-state index in [4.69, 9.17) is 9.40 Å². The second kappa shape index (κ2) is 7.56. The number of oxazole rings is 1. The quantitative estimate of drug-likeness (QED) is 0.566. The van der Waals surface area contributed by atoms with Crippen molar-refractivity contribution in [1.29, 1.82) is 5.26 Å². The van der Waals surface area contributed by atoms with E-state index in [2.05, 4.69) is 20.9 Å². The van der Waals surface area contributed by atoms with Crippen LogP contribution in [-0.2, 0) is 4.79 Å². The molecule has 34 heavy (non-hydrogen) atoms. The third kappa shape index (κ3) is 3.44. The lowest BCUT2D eigenvalue weighted by Gasteiger charge is -2.43. The predicted octanol–water partition coefficient (Wildman–Crippen LogP) is 4.48. The van der Waals surface area contributed by atoms with Gasteiger partial charge < -0.3 is 14.2 Å². The van der Waals surface area contributed by atoms with Crippen LogP contribution in [0.1, 0.15) is 55.7 Å². The monoisotopic (exact) mass is 453 g/mol. The van der Waals surface area contributed by atoms with Crippen LogP contribution in [0.25, 0.3) is 22.2 Å². The van der Waals surface area contributed by atoms with Gasteiger partial charge in [0.15, 0.2) is 12.0 Å². The van der Waals surface area contributed by atoms with Gasteiger partial charge in [-0.25, -0.2) is 9.97 Å². The first-order chi connectivity index (χ1) is 16.7. The number of aromatic nitrogens is 2. The number of nitriles is 1. The summed E-state index contributed by atoms with van der Waals surface area (Å²) < 4.78 is 5.53. The Morgan fingerprint density at radius 2 is 1.94 bits per heavy atom. The second-order valence-electron chi connectivity index (χ2n) is 10.4. The van der Waals surface area contributed by atoms with Crippen molar-refractivity contribution in [3.8, 4) is 17.2 Å². The van der Waals surface area contributed by atoms with Gasteiger partial charge in [0.05, 0.1) is 17.3 Å². The molecule has 7 rings (SSSR count). The molecule has 1 aromatic carbocycles.